The number of hydrogen-bond acceptors (Lipinski definition) is 12. The van der Waals surface area contributed by atoms with Gasteiger partial charge in [-0.2, -0.15) is 0 Å². The van der Waals surface area contributed by atoms with Crippen LogP contribution in [0, 0.1) is 24.6 Å². The van der Waals surface area contributed by atoms with Gasteiger partial charge in [-0.3, -0.25) is 14.2 Å². The quantitative estimate of drug-likeness (QED) is 0.0906. The van der Waals surface area contributed by atoms with Gasteiger partial charge in [0.2, 0.25) is 18.0 Å². The lowest BCUT2D eigenvalue weighted by molar-refractivity contribution is -0.139. The zero-order valence-corrected chi connectivity index (χ0v) is 44.2. The van der Waals surface area contributed by atoms with E-state index in [0.717, 1.165) is 50.6 Å². The summed E-state index contributed by atoms with van der Waals surface area (Å²) in [4.78, 5) is 79.0. The third-order valence-electron chi connectivity index (χ3n) is 15.0. The lowest BCUT2D eigenvalue weighted by atomic mass is 9.82. The molecule has 4 unspecified atom stereocenters. The van der Waals surface area contributed by atoms with Crippen molar-refractivity contribution in [2.75, 3.05) is 33.9 Å². The Morgan fingerprint density at radius 1 is 0.851 bits per heavy atom. The van der Waals surface area contributed by atoms with Crippen LogP contribution in [0.15, 0.2) is 48.8 Å². The van der Waals surface area contributed by atoms with E-state index in [1.807, 2.05) is 68.4 Å². The molecular weight excluding hydrogens is 968 g/mol. The number of benzene rings is 2. The van der Waals surface area contributed by atoms with E-state index in [2.05, 4.69) is 40.5 Å². The standard InChI is InChI=1S/C54H65FN10O8S/c1-27(2)43(61-52(68)70-8)49(66)63-17-10-12-38(63)47-57-26-36(60-47)32-21-34(55)42-40-22-33-20-30(14-15-37(33)65(40)51(73-41(42)23-32)45-29(5)58-48(74-45)28(3)4)35-25-56-46(59-35)39-13-11-18-64(39)50(67)44(62-53(69)71-9)31-16-19-72-54(6,7)24-31/h14-15,20-23,25-28,31,38-39,43-44,51H,10-13,16-19,24H2,1-9H3,(H,56,59)(H,57,60)(H,61,68)(H,62,69)/t31?,38-,39-,43?,44?,51?/m0/s1. The molecule has 4 aliphatic heterocycles. The molecule has 18 nitrogen and oxygen atoms in total. The van der Waals surface area contributed by atoms with Gasteiger partial charge in [-0.15, -0.1) is 11.3 Å². The number of nitrogens with one attached hydrogen (secondary N) is 4. The van der Waals surface area contributed by atoms with E-state index < -0.39 is 41.9 Å². The summed E-state index contributed by atoms with van der Waals surface area (Å²) in [5, 5.41) is 7.37. The number of carbonyl (C=O) groups is 4. The first-order valence-corrected chi connectivity index (χ1v) is 26.4. The van der Waals surface area contributed by atoms with Crippen LogP contribution >= 0.6 is 11.3 Å². The summed E-state index contributed by atoms with van der Waals surface area (Å²) in [6.45, 7) is 15.4. The molecule has 3 saturated heterocycles. The Morgan fingerprint density at radius 2 is 1.50 bits per heavy atom. The molecule has 3 fully saturated rings. The number of aromatic amines is 2. The number of carbonyl (C=O) groups excluding carboxylic acids is 4. The second-order valence-corrected chi connectivity index (χ2v) is 22.3. The number of halogens is 1. The number of aromatic nitrogens is 6. The molecule has 4 aliphatic rings. The highest BCUT2D eigenvalue weighted by Crippen LogP contribution is 2.49. The second-order valence-electron chi connectivity index (χ2n) is 21.2. The smallest absolute Gasteiger partial charge is 0.407 e. The third-order valence-corrected chi connectivity index (χ3v) is 16.5. The van der Waals surface area contributed by atoms with Crippen LogP contribution in [0.1, 0.15) is 132 Å². The molecule has 6 aromatic rings. The molecular formula is C54H65FN10O8S. The van der Waals surface area contributed by atoms with Gasteiger partial charge >= 0.3 is 12.2 Å². The number of aryl methyl sites for hydroxylation is 1. The van der Waals surface area contributed by atoms with E-state index in [-0.39, 0.29) is 41.7 Å². The van der Waals surface area contributed by atoms with Crippen LogP contribution in [0.2, 0.25) is 0 Å². The van der Waals surface area contributed by atoms with Crippen molar-refractivity contribution in [3.05, 3.63) is 81.8 Å². The number of thiazole rings is 1. The van der Waals surface area contributed by atoms with Crippen LogP contribution in [0.4, 0.5) is 14.0 Å². The molecule has 74 heavy (non-hydrogen) atoms. The highest BCUT2D eigenvalue weighted by molar-refractivity contribution is 7.11. The van der Waals surface area contributed by atoms with Gasteiger partial charge in [-0.1, -0.05) is 33.8 Å². The van der Waals surface area contributed by atoms with E-state index in [1.165, 1.54) is 20.3 Å². The molecule has 8 heterocycles. The SMILES string of the molecule is COC(=O)NC(C(=O)N1CCC[C@H]1c1ncc(-c2cc(F)c3c(c2)OC(c2sc(C(C)C)nc2C)n2c-3cc3cc(-c4cnc([C@@H]5CCCN5C(=O)C(NC(=O)OC)C5CCOC(C)(C)C5)[nH]4)ccc32)[nH]1)C(C)C. The van der Waals surface area contributed by atoms with Gasteiger partial charge in [0.05, 0.1) is 88.0 Å². The number of fused-ring (bicyclic) bond motifs is 5. The fourth-order valence-corrected chi connectivity index (χ4v) is 12.4. The van der Waals surface area contributed by atoms with Crippen molar-refractivity contribution >= 4 is 46.2 Å². The predicted octanol–water partition coefficient (Wildman–Crippen LogP) is 9.69. The molecule has 392 valence electrons. The number of methoxy groups -OCH3 is 2. The summed E-state index contributed by atoms with van der Waals surface area (Å²) < 4.78 is 41.8. The first kappa shape index (κ1) is 50.7. The highest BCUT2D eigenvalue weighted by atomic mass is 32.1. The maximum absolute atomic E-state index is 17.1. The van der Waals surface area contributed by atoms with Crippen LogP contribution in [0.25, 0.3) is 44.7 Å². The van der Waals surface area contributed by atoms with Crippen molar-refractivity contribution in [1.29, 1.82) is 0 Å². The summed E-state index contributed by atoms with van der Waals surface area (Å²) >= 11 is 1.58. The minimum Gasteiger partial charge on any atom is -0.464 e. The summed E-state index contributed by atoms with van der Waals surface area (Å²) in [5.41, 5.74) is 4.89. The molecule has 0 bridgehead atoms. The van der Waals surface area contributed by atoms with Crippen LogP contribution in [0.5, 0.6) is 5.75 Å². The Hall–Kier alpha value is -6.80. The zero-order valence-electron chi connectivity index (χ0n) is 43.3. The number of likely N-dealkylation sites (tertiary alicyclic amines) is 2. The number of hydrogen-bond donors (Lipinski definition) is 4. The Balaban J connectivity index is 0.964. The van der Waals surface area contributed by atoms with Gasteiger partial charge in [-0.05, 0) is 101 Å². The van der Waals surface area contributed by atoms with Crippen molar-refractivity contribution < 1.29 is 42.5 Å². The largest absolute Gasteiger partial charge is 0.464 e. The summed E-state index contributed by atoms with van der Waals surface area (Å²) in [6, 6.07) is 9.13. The van der Waals surface area contributed by atoms with E-state index >= 15 is 4.39 Å². The summed E-state index contributed by atoms with van der Waals surface area (Å²) in [6.07, 6.45) is 5.58. The van der Waals surface area contributed by atoms with Gasteiger partial charge in [0.25, 0.3) is 0 Å². The fraction of sp³-hybridized carbons (Fsp3) is 0.500. The van der Waals surface area contributed by atoms with Crippen LogP contribution < -0.4 is 15.4 Å². The maximum atomic E-state index is 17.1. The van der Waals surface area contributed by atoms with Crippen molar-refractivity contribution in [3.8, 4) is 39.5 Å². The molecule has 0 saturated carbocycles. The van der Waals surface area contributed by atoms with Gasteiger partial charge in [0, 0.05) is 42.1 Å². The summed E-state index contributed by atoms with van der Waals surface area (Å²) in [7, 11) is 2.57. The van der Waals surface area contributed by atoms with Crippen molar-refractivity contribution in [1.82, 2.24) is 49.9 Å². The molecule has 4 N–H and O–H groups in total. The molecule has 4 aromatic heterocycles. The fourth-order valence-electron chi connectivity index (χ4n) is 11.3. The minimum atomic E-state index is -0.781. The normalized spacial score (nSPS) is 21.1. The predicted molar refractivity (Wildman–Crippen MR) is 276 cm³/mol. The molecule has 0 aliphatic carbocycles. The van der Waals surface area contributed by atoms with E-state index in [0.29, 0.717) is 85.3 Å². The lowest BCUT2D eigenvalue weighted by Crippen LogP contribution is -2.54. The van der Waals surface area contributed by atoms with Gasteiger partial charge in [0.1, 0.15) is 35.3 Å². The molecule has 20 heteroatoms. The Kier molecular flexibility index (Phi) is 13.8. The van der Waals surface area contributed by atoms with E-state index in [1.54, 1.807) is 28.6 Å². The van der Waals surface area contributed by atoms with Gasteiger partial charge < -0.3 is 49.3 Å². The van der Waals surface area contributed by atoms with Crippen LogP contribution in [-0.4, -0.2) is 115 Å². The zero-order chi connectivity index (χ0) is 52.3. The Bertz CT molecular complexity index is 3120. The maximum Gasteiger partial charge on any atom is 0.407 e. The molecule has 0 spiro atoms. The monoisotopic (exact) mass is 1030 g/mol. The summed E-state index contributed by atoms with van der Waals surface area (Å²) in [5.74, 6) is 0.573. The van der Waals surface area contributed by atoms with Gasteiger partial charge in [-0.25, -0.2) is 28.9 Å². The molecule has 2 aromatic carbocycles. The van der Waals surface area contributed by atoms with Crippen molar-refractivity contribution in [2.24, 2.45) is 11.8 Å². The van der Waals surface area contributed by atoms with Gasteiger partial charge in [0.15, 0.2) is 0 Å². The third kappa shape index (κ3) is 9.50. The molecule has 6 atom stereocenters. The number of alkyl carbamates (subject to hydrolysis) is 2. The molecule has 4 amide bonds. The highest BCUT2D eigenvalue weighted by Gasteiger charge is 2.44. The first-order chi connectivity index (χ1) is 35.4. The van der Waals surface area contributed by atoms with Crippen LogP contribution in [0.3, 0.4) is 0 Å². The van der Waals surface area contributed by atoms with Crippen molar-refractivity contribution in [2.45, 2.75) is 129 Å². The number of nitrogens with zero attached hydrogens (tertiary/aromatic N) is 6. The first-order valence-electron chi connectivity index (χ1n) is 25.6. The minimum absolute atomic E-state index is 0.135. The number of rotatable bonds is 12. The van der Waals surface area contributed by atoms with Crippen molar-refractivity contribution in [3.63, 3.8) is 0 Å². The Labute approximate surface area is 433 Å². The number of ether oxygens (including phenoxy) is 4. The number of amides is 4. The van der Waals surface area contributed by atoms with Crippen LogP contribution in [-0.2, 0) is 23.8 Å². The number of H-pyrrole nitrogens is 2. The second kappa shape index (κ2) is 20.1. The Morgan fingerprint density at radius 3 is 2.12 bits per heavy atom. The number of imidazole rings is 2. The van der Waals surface area contributed by atoms with E-state index in [9.17, 15) is 19.2 Å². The molecule has 0 radical (unpaired) electrons. The average Bonchev–Trinajstić information content (AvgIpc) is 4.24. The lowest BCUT2D eigenvalue weighted by Gasteiger charge is -2.40. The van der Waals surface area contributed by atoms with E-state index in [4.69, 9.17) is 33.9 Å². The molecule has 10 rings (SSSR count). The topological polar surface area (TPSA) is 211 Å². The average molecular weight is 1030 g/mol.